The van der Waals surface area contributed by atoms with Gasteiger partial charge in [-0.15, -0.1) is 0 Å². The van der Waals surface area contributed by atoms with E-state index in [1.807, 2.05) is 6.07 Å². The highest BCUT2D eigenvalue weighted by Crippen LogP contribution is 2.27. The summed E-state index contributed by atoms with van der Waals surface area (Å²) in [6.45, 7) is 4.69. The average Bonchev–Trinajstić information content (AvgIpc) is 2.69. The number of nitrogens with one attached hydrogen (secondary N) is 1. The van der Waals surface area contributed by atoms with Crippen LogP contribution < -0.4 is 20.5 Å². The third-order valence-electron chi connectivity index (χ3n) is 4.89. The number of anilines is 1. The highest BCUT2D eigenvalue weighted by atomic mass is 19.2. The Labute approximate surface area is 160 Å². The van der Waals surface area contributed by atoms with Gasteiger partial charge in [0.05, 0.1) is 18.5 Å². The Bertz CT molecular complexity index is 1100. The molecule has 28 heavy (non-hydrogen) atoms. The Morgan fingerprint density at radius 3 is 2.82 bits per heavy atom. The summed E-state index contributed by atoms with van der Waals surface area (Å²) < 4.78 is 33.8. The zero-order chi connectivity index (χ0) is 19.8. The van der Waals surface area contributed by atoms with Gasteiger partial charge in [-0.25, -0.2) is 9.37 Å². The number of fused-ring (bicyclic) bond motifs is 1. The van der Waals surface area contributed by atoms with E-state index in [9.17, 15) is 13.6 Å². The maximum absolute atomic E-state index is 13.8. The van der Waals surface area contributed by atoms with E-state index in [2.05, 4.69) is 22.1 Å². The number of aromatic nitrogens is 2. The van der Waals surface area contributed by atoms with Crippen molar-refractivity contribution in [3.8, 4) is 17.0 Å². The molecule has 0 amide bonds. The van der Waals surface area contributed by atoms with Crippen LogP contribution in [0.4, 0.5) is 14.5 Å². The predicted octanol–water partition coefficient (Wildman–Crippen LogP) is 2.45. The highest BCUT2D eigenvalue weighted by molar-refractivity contribution is 5.64. The molecule has 6 nitrogen and oxygen atoms in total. The first-order chi connectivity index (χ1) is 13.5. The molecule has 0 spiro atoms. The van der Waals surface area contributed by atoms with Crippen molar-refractivity contribution < 1.29 is 13.5 Å². The third-order valence-corrected chi connectivity index (χ3v) is 4.89. The van der Waals surface area contributed by atoms with Crippen molar-refractivity contribution in [2.45, 2.75) is 13.0 Å². The molecule has 0 aliphatic carbocycles. The number of piperazine rings is 1. The van der Waals surface area contributed by atoms with Crippen LogP contribution in [0.15, 0.2) is 41.3 Å². The summed E-state index contributed by atoms with van der Waals surface area (Å²) in [6.07, 6.45) is 1.76. The van der Waals surface area contributed by atoms with Gasteiger partial charge in [-0.05, 0) is 31.2 Å². The summed E-state index contributed by atoms with van der Waals surface area (Å²) in [6, 6.07) is 7.67. The van der Waals surface area contributed by atoms with Gasteiger partial charge in [0.25, 0.3) is 5.56 Å². The normalized spacial score (nSPS) is 17.1. The molecule has 1 saturated heterocycles. The minimum atomic E-state index is -1.07. The molecule has 3 aromatic rings. The Hall–Kier alpha value is -3.00. The predicted molar refractivity (Wildman–Crippen MR) is 103 cm³/mol. The van der Waals surface area contributed by atoms with Crippen LogP contribution in [0.3, 0.4) is 0 Å². The van der Waals surface area contributed by atoms with Crippen molar-refractivity contribution in [3.05, 3.63) is 58.5 Å². The molecule has 1 N–H and O–H groups in total. The number of methoxy groups -OCH3 is 1. The number of ether oxygens (including phenoxy) is 1. The molecule has 1 atom stereocenters. The number of rotatable bonds is 3. The molecule has 4 rings (SSSR count). The topological polar surface area (TPSA) is 58.9 Å². The first kappa shape index (κ1) is 18.4. The maximum atomic E-state index is 13.8. The number of hydrogen-bond donors (Lipinski definition) is 1. The quantitative estimate of drug-likeness (QED) is 0.749. The largest absolute Gasteiger partial charge is 0.494 e. The van der Waals surface area contributed by atoms with Crippen LogP contribution in [0.1, 0.15) is 6.92 Å². The van der Waals surface area contributed by atoms with Crippen molar-refractivity contribution in [1.29, 1.82) is 0 Å². The van der Waals surface area contributed by atoms with Crippen LogP contribution in [-0.2, 0) is 0 Å². The second kappa shape index (κ2) is 7.20. The summed E-state index contributed by atoms with van der Waals surface area (Å²) in [5.74, 6) is -2.36. The molecule has 3 heterocycles. The van der Waals surface area contributed by atoms with Gasteiger partial charge in [-0.3, -0.25) is 9.20 Å². The van der Waals surface area contributed by atoms with Crippen LogP contribution in [-0.4, -0.2) is 42.2 Å². The van der Waals surface area contributed by atoms with Crippen molar-refractivity contribution in [2.24, 2.45) is 0 Å². The molecule has 0 bridgehead atoms. The fourth-order valence-electron chi connectivity index (χ4n) is 3.45. The molecule has 2 aromatic heterocycles. The molecule has 1 aliphatic heterocycles. The van der Waals surface area contributed by atoms with Crippen LogP contribution in [0, 0.1) is 11.6 Å². The first-order valence-corrected chi connectivity index (χ1v) is 9.01. The Morgan fingerprint density at radius 2 is 2.07 bits per heavy atom. The lowest BCUT2D eigenvalue weighted by atomic mass is 10.1. The van der Waals surface area contributed by atoms with Crippen LogP contribution in [0.2, 0.25) is 0 Å². The van der Waals surface area contributed by atoms with Crippen molar-refractivity contribution in [3.63, 3.8) is 0 Å². The van der Waals surface area contributed by atoms with E-state index in [1.54, 1.807) is 12.3 Å². The molecule has 1 fully saturated rings. The second-order valence-corrected chi connectivity index (χ2v) is 6.87. The lowest BCUT2D eigenvalue weighted by molar-refractivity contribution is 0.372. The van der Waals surface area contributed by atoms with Crippen LogP contribution in [0.25, 0.3) is 16.9 Å². The van der Waals surface area contributed by atoms with E-state index in [0.29, 0.717) is 11.7 Å². The van der Waals surface area contributed by atoms with Gasteiger partial charge in [-0.2, -0.15) is 4.39 Å². The minimum Gasteiger partial charge on any atom is -0.494 e. The second-order valence-electron chi connectivity index (χ2n) is 6.87. The maximum Gasteiger partial charge on any atom is 0.258 e. The first-order valence-electron chi connectivity index (χ1n) is 9.01. The van der Waals surface area contributed by atoms with Gasteiger partial charge in [0, 0.05) is 43.5 Å². The van der Waals surface area contributed by atoms with Crippen molar-refractivity contribution >= 4 is 11.3 Å². The molecule has 0 saturated carbocycles. The standard InChI is InChI=1S/C20H20F2N4O2/c1-12-10-25(6-5-23-12)14-3-4-18-24-16(9-19(27)26(18)11-14)13-7-15(21)20(22)17(8-13)28-2/h3-4,7-9,11-12,23H,5-6,10H2,1-2H3. The number of pyridine rings is 1. The molecule has 146 valence electrons. The number of halogens is 2. The van der Waals surface area contributed by atoms with Crippen LogP contribution in [0.5, 0.6) is 5.75 Å². The molecular weight excluding hydrogens is 366 g/mol. The van der Waals surface area contributed by atoms with E-state index < -0.39 is 11.6 Å². The van der Waals surface area contributed by atoms with Crippen LogP contribution >= 0.6 is 0 Å². The highest BCUT2D eigenvalue weighted by Gasteiger charge is 2.17. The lowest BCUT2D eigenvalue weighted by Crippen LogP contribution is -2.49. The van der Waals surface area contributed by atoms with E-state index in [0.717, 1.165) is 31.4 Å². The number of benzene rings is 1. The SMILES string of the molecule is COc1cc(-c2cc(=O)n3cc(N4CCNC(C)C4)ccc3n2)cc(F)c1F. The lowest BCUT2D eigenvalue weighted by Gasteiger charge is -2.33. The van der Waals surface area contributed by atoms with Gasteiger partial charge in [-0.1, -0.05) is 0 Å². The Morgan fingerprint density at radius 1 is 1.25 bits per heavy atom. The summed E-state index contributed by atoms with van der Waals surface area (Å²) in [5.41, 5.74) is 1.60. The molecule has 8 heteroatoms. The van der Waals surface area contributed by atoms with Gasteiger partial charge < -0.3 is 15.0 Å². The smallest absolute Gasteiger partial charge is 0.258 e. The monoisotopic (exact) mass is 386 g/mol. The third kappa shape index (κ3) is 3.31. The molecule has 1 aromatic carbocycles. The molecule has 1 aliphatic rings. The van der Waals surface area contributed by atoms with E-state index in [-0.39, 0.29) is 22.6 Å². The van der Waals surface area contributed by atoms with E-state index in [4.69, 9.17) is 4.74 Å². The van der Waals surface area contributed by atoms with Crippen molar-refractivity contribution in [1.82, 2.24) is 14.7 Å². The van der Waals surface area contributed by atoms with Gasteiger partial charge in [0.2, 0.25) is 5.82 Å². The summed E-state index contributed by atoms with van der Waals surface area (Å²) in [7, 11) is 1.25. The summed E-state index contributed by atoms with van der Waals surface area (Å²) >= 11 is 0. The Balaban J connectivity index is 1.77. The van der Waals surface area contributed by atoms with E-state index >= 15 is 0 Å². The van der Waals surface area contributed by atoms with Crippen molar-refractivity contribution in [2.75, 3.05) is 31.6 Å². The summed E-state index contributed by atoms with van der Waals surface area (Å²) in [4.78, 5) is 19.3. The molecule has 0 radical (unpaired) electrons. The Kier molecular flexibility index (Phi) is 4.72. The van der Waals surface area contributed by atoms with Gasteiger partial charge in [0.15, 0.2) is 11.6 Å². The fourth-order valence-corrected chi connectivity index (χ4v) is 3.45. The minimum absolute atomic E-state index is 0.236. The summed E-state index contributed by atoms with van der Waals surface area (Å²) in [5, 5.41) is 3.38. The molecular formula is C20H20F2N4O2. The number of hydrogen-bond acceptors (Lipinski definition) is 5. The van der Waals surface area contributed by atoms with E-state index in [1.165, 1.54) is 23.6 Å². The zero-order valence-electron chi connectivity index (χ0n) is 15.6. The fraction of sp³-hybridized carbons (Fsp3) is 0.300. The van der Waals surface area contributed by atoms with Gasteiger partial charge in [0.1, 0.15) is 5.65 Å². The zero-order valence-corrected chi connectivity index (χ0v) is 15.6. The number of nitrogens with zero attached hydrogens (tertiary/aromatic N) is 3. The van der Waals surface area contributed by atoms with Gasteiger partial charge >= 0.3 is 0 Å². The molecule has 1 unspecified atom stereocenters. The average molecular weight is 386 g/mol.